The SMILES string of the molecule is CC(O)(CNC(=O)CCNC(=O)C1CCCCC1)c1cccs1. The smallest absolute Gasteiger partial charge is 0.223 e. The number of hydrogen-bond acceptors (Lipinski definition) is 4. The maximum absolute atomic E-state index is 12.0. The minimum atomic E-state index is -1.06. The second kappa shape index (κ2) is 8.45. The summed E-state index contributed by atoms with van der Waals surface area (Å²) in [5, 5.41) is 17.8. The zero-order valence-corrected chi connectivity index (χ0v) is 14.5. The number of thiophene rings is 1. The Morgan fingerprint density at radius 3 is 2.70 bits per heavy atom. The first-order chi connectivity index (χ1) is 11.0. The molecule has 5 nitrogen and oxygen atoms in total. The fourth-order valence-electron chi connectivity index (χ4n) is 2.84. The molecule has 1 atom stereocenters. The molecule has 0 bridgehead atoms. The van der Waals surface area contributed by atoms with Crippen LogP contribution < -0.4 is 10.6 Å². The normalized spacial score (nSPS) is 18.2. The molecule has 1 aliphatic carbocycles. The summed E-state index contributed by atoms with van der Waals surface area (Å²) in [5.41, 5.74) is -1.06. The molecule has 6 heteroatoms. The molecule has 1 aliphatic rings. The molecule has 1 unspecified atom stereocenters. The summed E-state index contributed by atoms with van der Waals surface area (Å²) in [7, 11) is 0. The van der Waals surface area contributed by atoms with Crippen molar-refractivity contribution >= 4 is 23.2 Å². The highest BCUT2D eigenvalue weighted by Crippen LogP contribution is 2.24. The van der Waals surface area contributed by atoms with Gasteiger partial charge in [0.25, 0.3) is 0 Å². The first kappa shape index (κ1) is 17.9. The number of amides is 2. The van der Waals surface area contributed by atoms with Crippen molar-refractivity contribution in [2.24, 2.45) is 5.92 Å². The molecule has 0 spiro atoms. The third-order valence-corrected chi connectivity index (χ3v) is 5.43. The van der Waals surface area contributed by atoms with E-state index in [1.54, 1.807) is 6.92 Å². The predicted molar refractivity (Wildman–Crippen MR) is 91.1 cm³/mol. The Morgan fingerprint density at radius 1 is 1.30 bits per heavy atom. The molecule has 1 heterocycles. The van der Waals surface area contributed by atoms with Crippen LogP contribution in [0.25, 0.3) is 0 Å². The van der Waals surface area contributed by atoms with Gasteiger partial charge in [-0.2, -0.15) is 0 Å². The average Bonchev–Trinajstić information content (AvgIpc) is 3.09. The number of carbonyl (C=O) groups excluding carboxylic acids is 2. The Labute approximate surface area is 141 Å². The van der Waals surface area contributed by atoms with Crippen molar-refractivity contribution in [1.29, 1.82) is 0 Å². The molecule has 1 fully saturated rings. The maximum Gasteiger partial charge on any atom is 0.223 e. The Balaban J connectivity index is 1.64. The van der Waals surface area contributed by atoms with Crippen molar-refractivity contribution in [1.82, 2.24) is 10.6 Å². The van der Waals surface area contributed by atoms with Crippen molar-refractivity contribution < 1.29 is 14.7 Å². The summed E-state index contributed by atoms with van der Waals surface area (Å²) in [5.74, 6) is 0.0280. The van der Waals surface area contributed by atoms with Crippen LogP contribution in [0.5, 0.6) is 0 Å². The van der Waals surface area contributed by atoms with Gasteiger partial charge in [-0.05, 0) is 31.2 Å². The van der Waals surface area contributed by atoms with E-state index in [1.165, 1.54) is 17.8 Å². The van der Waals surface area contributed by atoms with Crippen LogP contribution in [0.4, 0.5) is 0 Å². The molecule has 0 radical (unpaired) electrons. The highest BCUT2D eigenvalue weighted by atomic mass is 32.1. The van der Waals surface area contributed by atoms with Gasteiger partial charge in [-0.15, -0.1) is 11.3 Å². The molecule has 2 rings (SSSR count). The topological polar surface area (TPSA) is 78.4 Å². The van der Waals surface area contributed by atoms with Gasteiger partial charge < -0.3 is 15.7 Å². The summed E-state index contributed by atoms with van der Waals surface area (Å²) < 4.78 is 0. The Hall–Kier alpha value is -1.40. The van der Waals surface area contributed by atoms with E-state index in [9.17, 15) is 14.7 Å². The quantitative estimate of drug-likeness (QED) is 0.713. The zero-order chi connectivity index (χ0) is 16.7. The van der Waals surface area contributed by atoms with E-state index < -0.39 is 5.60 Å². The van der Waals surface area contributed by atoms with Gasteiger partial charge in [0.2, 0.25) is 11.8 Å². The van der Waals surface area contributed by atoms with Gasteiger partial charge in [0.1, 0.15) is 5.60 Å². The predicted octanol–water partition coefficient (Wildman–Crippen LogP) is 2.16. The van der Waals surface area contributed by atoms with E-state index in [4.69, 9.17) is 0 Å². The molecule has 2 amide bonds. The summed E-state index contributed by atoms with van der Waals surface area (Å²) in [4.78, 5) is 24.6. The Morgan fingerprint density at radius 2 is 2.04 bits per heavy atom. The van der Waals surface area contributed by atoms with Crippen molar-refractivity contribution in [2.45, 2.75) is 51.0 Å². The number of nitrogens with one attached hydrogen (secondary N) is 2. The standard InChI is InChI=1S/C17H26N2O3S/c1-17(22,14-8-5-11-23-14)12-19-15(20)9-10-18-16(21)13-6-3-2-4-7-13/h5,8,11,13,22H,2-4,6-7,9-10,12H2,1H3,(H,18,21)(H,19,20). The molecule has 1 aromatic heterocycles. The van der Waals surface area contributed by atoms with E-state index in [0.29, 0.717) is 6.54 Å². The Bertz CT molecular complexity index is 508. The van der Waals surface area contributed by atoms with Crippen LogP contribution in [0, 0.1) is 5.92 Å². The van der Waals surface area contributed by atoms with Crippen molar-refractivity contribution in [3.8, 4) is 0 Å². The molecule has 128 valence electrons. The van der Waals surface area contributed by atoms with E-state index in [1.807, 2.05) is 17.5 Å². The summed E-state index contributed by atoms with van der Waals surface area (Å²) >= 11 is 1.46. The number of rotatable bonds is 7. The number of aliphatic hydroxyl groups is 1. The zero-order valence-electron chi connectivity index (χ0n) is 13.6. The summed E-state index contributed by atoms with van der Waals surface area (Å²) in [6.45, 7) is 2.20. The van der Waals surface area contributed by atoms with Crippen LogP contribution >= 0.6 is 11.3 Å². The van der Waals surface area contributed by atoms with E-state index in [0.717, 1.165) is 30.6 Å². The van der Waals surface area contributed by atoms with Gasteiger partial charge in [0.15, 0.2) is 0 Å². The number of hydrogen-bond donors (Lipinski definition) is 3. The lowest BCUT2D eigenvalue weighted by Gasteiger charge is -2.22. The summed E-state index contributed by atoms with van der Waals surface area (Å²) in [6, 6.07) is 3.72. The average molecular weight is 338 g/mol. The molecule has 0 aliphatic heterocycles. The van der Waals surface area contributed by atoms with Crippen LogP contribution in [0.3, 0.4) is 0 Å². The maximum atomic E-state index is 12.0. The fourth-order valence-corrected chi connectivity index (χ4v) is 3.63. The fraction of sp³-hybridized carbons (Fsp3) is 0.647. The molecule has 1 aromatic rings. The minimum absolute atomic E-state index is 0.0723. The highest BCUT2D eigenvalue weighted by Gasteiger charge is 2.25. The second-order valence-corrected chi connectivity index (χ2v) is 7.35. The molecule has 0 saturated heterocycles. The van der Waals surface area contributed by atoms with E-state index >= 15 is 0 Å². The molecule has 1 saturated carbocycles. The molecule has 0 aromatic carbocycles. The van der Waals surface area contributed by atoms with Crippen LogP contribution in [0.15, 0.2) is 17.5 Å². The van der Waals surface area contributed by atoms with Gasteiger partial charge >= 0.3 is 0 Å². The third-order valence-electron chi connectivity index (χ3n) is 4.31. The molecule has 3 N–H and O–H groups in total. The van der Waals surface area contributed by atoms with Crippen LogP contribution in [-0.2, 0) is 15.2 Å². The third kappa shape index (κ3) is 5.62. The van der Waals surface area contributed by atoms with Crippen molar-refractivity contribution in [3.05, 3.63) is 22.4 Å². The van der Waals surface area contributed by atoms with Crippen molar-refractivity contribution in [3.63, 3.8) is 0 Å². The number of carbonyl (C=O) groups is 2. The lowest BCUT2D eigenvalue weighted by atomic mass is 9.89. The monoisotopic (exact) mass is 338 g/mol. The van der Waals surface area contributed by atoms with Gasteiger partial charge in [0, 0.05) is 23.8 Å². The van der Waals surface area contributed by atoms with E-state index in [2.05, 4.69) is 10.6 Å². The molecule has 23 heavy (non-hydrogen) atoms. The lowest BCUT2D eigenvalue weighted by Crippen LogP contribution is -2.40. The minimum Gasteiger partial charge on any atom is -0.383 e. The van der Waals surface area contributed by atoms with Gasteiger partial charge in [0.05, 0.1) is 6.54 Å². The first-order valence-electron chi connectivity index (χ1n) is 8.30. The summed E-state index contributed by atoms with van der Waals surface area (Å²) in [6.07, 6.45) is 5.62. The van der Waals surface area contributed by atoms with E-state index in [-0.39, 0.29) is 30.7 Å². The lowest BCUT2D eigenvalue weighted by molar-refractivity contribution is -0.126. The highest BCUT2D eigenvalue weighted by molar-refractivity contribution is 7.10. The van der Waals surface area contributed by atoms with Gasteiger partial charge in [-0.25, -0.2) is 0 Å². The van der Waals surface area contributed by atoms with Crippen LogP contribution in [0.2, 0.25) is 0 Å². The molecular weight excluding hydrogens is 312 g/mol. The van der Waals surface area contributed by atoms with Crippen LogP contribution in [-0.4, -0.2) is 30.0 Å². The molecular formula is C17H26N2O3S. The van der Waals surface area contributed by atoms with Crippen LogP contribution in [0.1, 0.15) is 50.3 Å². The first-order valence-corrected chi connectivity index (χ1v) is 9.18. The van der Waals surface area contributed by atoms with Crippen molar-refractivity contribution in [2.75, 3.05) is 13.1 Å². The van der Waals surface area contributed by atoms with Gasteiger partial charge in [-0.1, -0.05) is 25.3 Å². The second-order valence-electron chi connectivity index (χ2n) is 6.40. The Kier molecular flexibility index (Phi) is 6.59. The van der Waals surface area contributed by atoms with Gasteiger partial charge in [-0.3, -0.25) is 9.59 Å². The largest absolute Gasteiger partial charge is 0.383 e.